The maximum Gasteiger partial charge on any atom is 0.326 e. The minimum Gasteiger partial charge on any atom is -0.480 e. The minimum atomic E-state index is -1.19. The van der Waals surface area contributed by atoms with Gasteiger partial charge < -0.3 is 10.4 Å². The Morgan fingerprint density at radius 1 is 0.939 bits per heavy atom. The number of carboxylic acids is 1. The number of nitrogens with zero attached hydrogens (tertiary/aromatic N) is 1. The van der Waals surface area contributed by atoms with Crippen LogP contribution in [0.3, 0.4) is 0 Å². The molecule has 10 heteroatoms. The average Bonchev–Trinajstić information content (AvgIpc) is 3.15. The molecule has 0 saturated carbocycles. The van der Waals surface area contributed by atoms with Gasteiger partial charge in [-0.1, -0.05) is 64.6 Å². The van der Waals surface area contributed by atoms with Crippen LogP contribution in [0.15, 0.2) is 54.6 Å². The molecule has 0 spiro atoms. The summed E-state index contributed by atoms with van der Waals surface area (Å²) in [6.45, 7) is 0. The summed E-state index contributed by atoms with van der Waals surface area (Å²) in [5.41, 5.74) is 2.12. The van der Waals surface area contributed by atoms with Gasteiger partial charge in [0, 0.05) is 12.0 Å². The lowest BCUT2D eigenvalue weighted by Gasteiger charge is -2.16. The predicted molar refractivity (Wildman–Crippen MR) is 134 cm³/mol. The Morgan fingerprint density at radius 3 is 2.15 bits per heavy atom. The summed E-state index contributed by atoms with van der Waals surface area (Å²) in [5.74, 6) is -1.84. The van der Waals surface area contributed by atoms with Crippen LogP contribution in [-0.2, 0) is 11.2 Å². The van der Waals surface area contributed by atoms with Crippen molar-refractivity contribution in [1.29, 1.82) is 0 Å². The van der Waals surface area contributed by atoms with Crippen molar-refractivity contribution in [1.82, 2.24) is 10.3 Å². The largest absolute Gasteiger partial charge is 0.480 e. The van der Waals surface area contributed by atoms with E-state index in [1.165, 1.54) is 23.5 Å². The van der Waals surface area contributed by atoms with Crippen LogP contribution in [0.1, 0.15) is 15.9 Å². The van der Waals surface area contributed by atoms with Gasteiger partial charge in [-0.25, -0.2) is 9.78 Å². The Bertz CT molecular complexity index is 1350. The second-order valence-electron chi connectivity index (χ2n) is 7.08. The third-order valence-electron chi connectivity index (χ3n) is 4.86. The van der Waals surface area contributed by atoms with Gasteiger partial charge in [0.2, 0.25) is 0 Å². The number of carboxylic acid groups (broad SMARTS) is 1. The number of carbonyl (C=O) groups is 2. The highest BCUT2D eigenvalue weighted by molar-refractivity contribution is 7.21. The molecule has 0 radical (unpaired) electrons. The molecular formula is C23H14Cl4N2O3S. The quantitative estimate of drug-likeness (QED) is 0.276. The van der Waals surface area contributed by atoms with Gasteiger partial charge >= 0.3 is 5.97 Å². The molecule has 0 saturated heterocycles. The number of hydrogen-bond acceptors (Lipinski definition) is 4. The second-order valence-corrected chi connectivity index (χ2v) is 9.74. The van der Waals surface area contributed by atoms with Crippen LogP contribution < -0.4 is 5.32 Å². The molecule has 1 amide bonds. The molecule has 1 unspecified atom stereocenters. The highest BCUT2D eigenvalue weighted by Gasteiger charge is 2.24. The van der Waals surface area contributed by atoms with E-state index >= 15 is 0 Å². The van der Waals surface area contributed by atoms with Crippen molar-refractivity contribution in [2.75, 3.05) is 0 Å². The fourth-order valence-electron chi connectivity index (χ4n) is 3.29. The standard InChI is InChI=1S/C23H14Cl4N2O3S/c24-12-3-1-4-13(25)19(12)21(30)28-17(23(31)32)9-11-7-8-16-18(10-11)33-22(29-16)20-14(26)5-2-6-15(20)27/h1-8,10,17H,9H2,(H,28,30)(H,31,32). The fraction of sp³-hybridized carbons (Fsp3) is 0.0870. The Morgan fingerprint density at radius 2 is 1.55 bits per heavy atom. The molecule has 0 aliphatic carbocycles. The Labute approximate surface area is 212 Å². The van der Waals surface area contributed by atoms with Crippen LogP contribution in [0.25, 0.3) is 20.8 Å². The molecule has 1 heterocycles. The maximum atomic E-state index is 12.7. The van der Waals surface area contributed by atoms with E-state index < -0.39 is 17.9 Å². The van der Waals surface area contributed by atoms with E-state index in [1.807, 2.05) is 6.07 Å². The van der Waals surface area contributed by atoms with E-state index in [4.69, 9.17) is 46.4 Å². The molecule has 0 bridgehead atoms. The van der Waals surface area contributed by atoms with Gasteiger partial charge in [0.15, 0.2) is 0 Å². The van der Waals surface area contributed by atoms with Gasteiger partial charge in [0.1, 0.15) is 11.0 Å². The zero-order chi connectivity index (χ0) is 23.7. The molecular weight excluding hydrogens is 526 g/mol. The molecule has 5 nitrogen and oxygen atoms in total. The first-order chi connectivity index (χ1) is 15.7. The number of aromatic nitrogens is 1. The van der Waals surface area contributed by atoms with Crippen molar-refractivity contribution < 1.29 is 14.7 Å². The smallest absolute Gasteiger partial charge is 0.326 e. The summed E-state index contributed by atoms with van der Waals surface area (Å²) in [5, 5.41) is 14.1. The number of rotatable bonds is 6. The third kappa shape index (κ3) is 5.10. The van der Waals surface area contributed by atoms with Crippen molar-refractivity contribution in [3.63, 3.8) is 0 Å². The average molecular weight is 540 g/mol. The van der Waals surface area contributed by atoms with Crippen molar-refractivity contribution in [2.24, 2.45) is 0 Å². The Balaban J connectivity index is 1.60. The van der Waals surface area contributed by atoms with Crippen LogP contribution in [-0.4, -0.2) is 28.0 Å². The summed E-state index contributed by atoms with van der Waals surface area (Å²) in [7, 11) is 0. The first-order valence-electron chi connectivity index (χ1n) is 9.56. The zero-order valence-corrected chi connectivity index (χ0v) is 20.5. The summed E-state index contributed by atoms with van der Waals surface area (Å²) in [6, 6.07) is 14.1. The van der Waals surface area contributed by atoms with Crippen LogP contribution in [0.5, 0.6) is 0 Å². The Kier molecular flexibility index (Phi) is 7.12. The van der Waals surface area contributed by atoms with E-state index in [1.54, 1.807) is 36.4 Å². The summed E-state index contributed by atoms with van der Waals surface area (Å²) in [6.07, 6.45) is 0.0547. The number of halogens is 4. The molecule has 4 aromatic rings. The lowest BCUT2D eigenvalue weighted by Crippen LogP contribution is -2.42. The highest BCUT2D eigenvalue weighted by atomic mass is 35.5. The topological polar surface area (TPSA) is 79.3 Å². The number of thiazole rings is 1. The molecule has 2 N–H and O–H groups in total. The predicted octanol–water partition coefficient (Wildman–Crippen LogP) is 7.00. The van der Waals surface area contributed by atoms with Crippen LogP contribution in [0, 0.1) is 0 Å². The molecule has 1 atom stereocenters. The normalized spacial score (nSPS) is 12.0. The molecule has 1 aromatic heterocycles. The second kappa shape index (κ2) is 9.87. The van der Waals surface area contributed by atoms with Gasteiger partial charge in [0.05, 0.1) is 35.9 Å². The van der Waals surface area contributed by atoms with E-state index in [2.05, 4.69) is 10.3 Å². The minimum absolute atomic E-state index is 0.0336. The summed E-state index contributed by atoms with van der Waals surface area (Å²) < 4.78 is 0.836. The third-order valence-corrected chi connectivity index (χ3v) is 7.16. The van der Waals surface area contributed by atoms with Gasteiger partial charge in [-0.2, -0.15) is 0 Å². The van der Waals surface area contributed by atoms with Gasteiger partial charge in [-0.05, 0) is 42.0 Å². The first kappa shape index (κ1) is 23.8. The fourth-order valence-corrected chi connectivity index (χ4v) is 5.65. The van der Waals surface area contributed by atoms with Crippen molar-refractivity contribution in [3.8, 4) is 10.6 Å². The number of benzene rings is 3. The highest BCUT2D eigenvalue weighted by Crippen LogP contribution is 2.39. The number of amides is 1. The van der Waals surface area contributed by atoms with Gasteiger partial charge in [0.25, 0.3) is 5.91 Å². The van der Waals surface area contributed by atoms with Gasteiger partial charge in [-0.15, -0.1) is 11.3 Å². The van der Waals surface area contributed by atoms with E-state index in [0.717, 1.165) is 10.2 Å². The molecule has 3 aromatic carbocycles. The van der Waals surface area contributed by atoms with Crippen LogP contribution in [0.2, 0.25) is 20.1 Å². The molecule has 0 fully saturated rings. The SMILES string of the molecule is O=C(NC(Cc1ccc2nc(-c3c(Cl)cccc3Cl)sc2c1)C(=O)O)c1c(Cl)cccc1Cl. The van der Waals surface area contributed by atoms with Crippen molar-refractivity contribution >= 4 is 79.8 Å². The summed E-state index contributed by atoms with van der Waals surface area (Å²) in [4.78, 5) is 29.1. The van der Waals surface area contributed by atoms with Crippen molar-refractivity contribution in [2.45, 2.75) is 12.5 Å². The van der Waals surface area contributed by atoms with E-state index in [0.29, 0.717) is 26.2 Å². The van der Waals surface area contributed by atoms with Gasteiger partial charge in [-0.3, -0.25) is 4.79 Å². The molecule has 0 aliphatic heterocycles. The first-order valence-corrected chi connectivity index (χ1v) is 11.9. The number of hydrogen-bond donors (Lipinski definition) is 2. The zero-order valence-electron chi connectivity index (χ0n) is 16.6. The monoisotopic (exact) mass is 538 g/mol. The van der Waals surface area contributed by atoms with Crippen LogP contribution >= 0.6 is 57.7 Å². The van der Waals surface area contributed by atoms with E-state index in [9.17, 15) is 14.7 Å². The molecule has 4 rings (SSSR count). The van der Waals surface area contributed by atoms with Crippen LogP contribution in [0.4, 0.5) is 0 Å². The molecule has 168 valence electrons. The number of aliphatic carboxylic acids is 1. The lowest BCUT2D eigenvalue weighted by molar-refractivity contribution is -0.139. The number of fused-ring (bicyclic) bond motifs is 1. The molecule has 33 heavy (non-hydrogen) atoms. The number of carbonyl (C=O) groups excluding carboxylic acids is 1. The maximum absolute atomic E-state index is 12.7. The lowest BCUT2D eigenvalue weighted by atomic mass is 10.0. The number of nitrogens with one attached hydrogen (secondary N) is 1. The van der Waals surface area contributed by atoms with Crippen molar-refractivity contribution in [3.05, 3.63) is 85.8 Å². The summed E-state index contributed by atoms with van der Waals surface area (Å²) >= 11 is 26.1. The van der Waals surface area contributed by atoms with E-state index in [-0.39, 0.29) is 22.0 Å². The Hall–Kier alpha value is -2.35. The molecule has 0 aliphatic rings.